The third-order valence-electron chi connectivity index (χ3n) is 7.03. The predicted octanol–water partition coefficient (Wildman–Crippen LogP) is 3.63. The van der Waals surface area contributed by atoms with Crippen LogP contribution in [0.1, 0.15) is 53.0 Å². The van der Waals surface area contributed by atoms with Crippen molar-refractivity contribution in [3.8, 4) is 0 Å². The Bertz CT molecular complexity index is 956. The van der Waals surface area contributed by atoms with E-state index in [1.807, 2.05) is 0 Å². The molecule has 0 saturated heterocycles. The SMILES string of the molecule is O=C(COC(=O)c1ccccc1NC(=O)c1ccco1)NC1C2CC3CC(C2)CC1C3. The molecule has 6 rings (SSSR count). The smallest absolute Gasteiger partial charge is 0.340 e. The maximum atomic E-state index is 12.6. The van der Waals surface area contributed by atoms with E-state index in [1.165, 1.54) is 44.4 Å². The maximum Gasteiger partial charge on any atom is 0.340 e. The van der Waals surface area contributed by atoms with Crippen LogP contribution < -0.4 is 10.6 Å². The van der Waals surface area contributed by atoms with Crippen molar-refractivity contribution in [3.63, 3.8) is 0 Å². The van der Waals surface area contributed by atoms with Gasteiger partial charge in [0, 0.05) is 6.04 Å². The largest absolute Gasteiger partial charge is 0.459 e. The molecule has 31 heavy (non-hydrogen) atoms. The van der Waals surface area contributed by atoms with Gasteiger partial charge in [-0.1, -0.05) is 12.1 Å². The van der Waals surface area contributed by atoms with Gasteiger partial charge in [-0.15, -0.1) is 0 Å². The van der Waals surface area contributed by atoms with Gasteiger partial charge in [0.25, 0.3) is 11.8 Å². The summed E-state index contributed by atoms with van der Waals surface area (Å²) in [6.07, 6.45) is 7.60. The molecule has 0 unspecified atom stereocenters. The molecule has 4 bridgehead atoms. The van der Waals surface area contributed by atoms with E-state index in [9.17, 15) is 14.4 Å². The summed E-state index contributed by atoms with van der Waals surface area (Å²) in [4.78, 5) is 37.4. The van der Waals surface area contributed by atoms with E-state index < -0.39 is 11.9 Å². The summed E-state index contributed by atoms with van der Waals surface area (Å²) < 4.78 is 10.3. The zero-order chi connectivity index (χ0) is 21.4. The molecule has 7 nitrogen and oxygen atoms in total. The van der Waals surface area contributed by atoms with E-state index in [4.69, 9.17) is 9.15 Å². The first kappa shape index (κ1) is 19.8. The summed E-state index contributed by atoms with van der Waals surface area (Å²) in [6.45, 7) is -0.331. The van der Waals surface area contributed by atoms with Crippen molar-refractivity contribution < 1.29 is 23.5 Å². The highest BCUT2D eigenvalue weighted by atomic mass is 16.5. The van der Waals surface area contributed by atoms with Gasteiger partial charge in [0.2, 0.25) is 0 Å². The van der Waals surface area contributed by atoms with Crippen molar-refractivity contribution in [1.82, 2.24) is 5.32 Å². The van der Waals surface area contributed by atoms with E-state index in [2.05, 4.69) is 10.6 Å². The van der Waals surface area contributed by atoms with Crippen LogP contribution in [0.15, 0.2) is 47.1 Å². The maximum absolute atomic E-state index is 12.6. The molecule has 2 amide bonds. The van der Waals surface area contributed by atoms with Gasteiger partial charge in [-0.2, -0.15) is 0 Å². The lowest BCUT2D eigenvalue weighted by Gasteiger charge is -2.54. The minimum absolute atomic E-state index is 0.137. The molecule has 0 aliphatic heterocycles. The van der Waals surface area contributed by atoms with Gasteiger partial charge in [0.1, 0.15) is 0 Å². The Morgan fingerprint density at radius 2 is 1.65 bits per heavy atom. The Hall–Kier alpha value is -3.09. The topological polar surface area (TPSA) is 97.6 Å². The molecule has 4 saturated carbocycles. The number of anilines is 1. The summed E-state index contributed by atoms with van der Waals surface area (Å²) in [5.74, 6) is 1.55. The number of nitrogens with one attached hydrogen (secondary N) is 2. The van der Waals surface area contributed by atoms with Gasteiger partial charge in [-0.05, 0) is 80.0 Å². The number of para-hydroxylation sites is 1. The Labute approximate surface area is 180 Å². The van der Waals surface area contributed by atoms with Gasteiger partial charge < -0.3 is 19.8 Å². The van der Waals surface area contributed by atoms with Crippen molar-refractivity contribution in [2.24, 2.45) is 23.7 Å². The number of esters is 1. The minimum atomic E-state index is -0.657. The Morgan fingerprint density at radius 1 is 0.935 bits per heavy atom. The molecule has 0 spiro atoms. The molecule has 1 aromatic carbocycles. The number of hydrogen-bond donors (Lipinski definition) is 2. The van der Waals surface area contributed by atoms with E-state index in [-0.39, 0.29) is 29.9 Å². The van der Waals surface area contributed by atoms with Crippen LogP contribution in [-0.2, 0) is 9.53 Å². The molecule has 4 aliphatic carbocycles. The molecule has 162 valence electrons. The zero-order valence-corrected chi connectivity index (χ0v) is 17.2. The van der Waals surface area contributed by atoms with Crippen molar-refractivity contribution >= 4 is 23.5 Å². The van der Waals surface area contributed by atoms with Gasteiger partial charge in [-0.3, -0.25) is 9.59 Å². The number of rotatable bonds is 6. The van der Waals surface area contributed by atoms with Crippen LogP contribution >= 0.6 is 0 Å². The quantitative estimate of drug-likeness (QED) is 0.693. The number of hydrogen-bond acceptors (Lipinski definition) is 5. The average molecular weight is 422 g/mol. The van der Waals surface area contributed by atoms with E-state index in [1.54, 1.807) is 30.3 Å². The molecule has 1 aromatic heterocycles. The van der Waals surface area contributed by atoms with Crippen molar-refractivity contribution in [2.45, 2.75) is 38.1 Å². The highest BCUT2D eigenvalue weighted by Crippen LogP contribution is 2.53. The molecule has 4 fully saturated rings. The predicted molar refractivity (Wildman–Crippen MR) is 112 cm³/mol. The lowest BCUT2D eigenvalue weighted by atomic mass is 9.54. The third-order valence-corrected chi connectivity index (χ3v) is 7.03. The Morgan fingerprint density at radius 3 is 2.32 bits per heavy atom. The van der Waals surface area contributed by atoms with Crippen LogP contribution in [0.2, 0.25) is 0 Å². The first-order chi connectivity index (χ1) is 15.1. The van der Waals surface area contributed by atoms with Crippen molar-refractivity contribution in [1.29, 1.82) is 0 Å². The number of benzene rings is 1. The van der Waals surface area contributed by atoms with Crippen molar-refractivity contribution in [2.75, 3.05) is 11.9 Å². The lowest BCUT2D eigenvalue weighted by Crippen LogP contribution is -2.56. The van der Waals surface area contributed by atoms with E-state index in [0.29, 0.717) is 17.5 Å². The summed E-state index contributed by atoms with van der Waals surface area (Å²) in [7, 11) is 0. The van der Waals surface area contributed by atoms with Crippen LogP contribution in [0.25, 0.3) is 0 Å². The van der Waals surface area contributed by atoms with E-state index >= 15 is 0 Å². The highest BCUT2D eigenvalue weighted by molar-refractivity contribution is 6.06. The summed E-state index contributed by atoms with van der Waals surface area (Å²) in [5.41, 5.74) is 0.486. The number of amides is 2. The molecular formula is C24H26N2O5. The minimum Gasteiger partial charge on any atom is -0.459 e. The monoisotopic (exact) mass is 422 g/mol. The normalized spacial score (nSPS) is 28.2. The Balaban J connectivity index is 1.17. The lowest BCUT2D eigenvalue weighted by molar-refractivity contribution is -0.128. The van der Waals surface area contributed by atoms with Crippen LogP contribution in [0.5, 0.6) is 0 Å². The van der Waals surface area contributed by atoms with Gasteiger partial charge in [0.05, 0.1) is 17.5 Å². The Kier molecular flexibility index (Phi) is 5.26. The molecule has 2 aromatic rings. The molecule has 0 atom stereocenters. The first-order valence-electron chi connectivity index (χ1n) is 11.0. The second kappa shape index (κ2) is 8.21. The van der Waals surface area contributed by atoms with Gasteiger partial charge >= 0.3 is 5.97 Å². The molecule has 1 heterocycles. The zero-order valence-electron chi connectivity index (χ0n) is 17.2. The van der Waals surface area contributed by atoms with Crippen LogP contribution in [0.3, 0.4) is 0 Å². The summed E-state index contributed by atoms with van der Waals surface area (Å²) in [5, 5.41) is 5.78. The second-order valence-electron chi connectivity index (χ2n) is 9.08. The fraction of sp³-hybridized carbons (Fsp3) is 0.458. The molecule has 4 aliphatic rings. The molecule has 0 radical (unpaired) electrons. The summed E-state index contributed by atoms with van der Waals surface area (Å²) >= 11 is 0. The highest BCUT2D eigenvalue weighted by Gasteiger charge is 2.48. The fourth-order valence-electron chi connectivity index (χ4n) is 5.96. The fourth-order valence-corrected chi connectivity index (χ4v) is 5.96. The first-order valence-corrected chi connectivity index (χ1v) is 11.0. The summed E-state index contributed by atoms with van der Waals surface area (Å²) in [6, 6.07) is 9.88. The number of carbonyl (C=O) groups excluding carboxylic acids is 3. The standard InChI is InChI=1S/C24H26N2O5/c27-21(26-22-16-9-14-8-15(11-16)12-17(22)10-14)13-31-24(29)18-4-1-2-5-19(18)25-23(28)20-6-3-7-30-20/h1-7,14-17,22H,8-13H2,(H,25,28)(H,26,27). The van der Waals surface area contributed by atoms with Gasteiger partial charge in [0.15, 0.2) is 12.4 Å². The van der Waals surface area contributed by atoms with Crippen molar-refractivity contribution in [3.05, 3.63) is 54.0 Å². The number of furan rings is 1. The van der Waals surface area contributed by atoms with Crippen LogP contribution in [0, 0.1) is 23.7 Å². The van der Waals surface area contributed by atoms with E-state index in [0.717, 1.165) is 11.8 Å². The van der Waals surface area contributed by atoms with Crippen LogP contribution in [0.4, 0.5) is 5.69 Å². The third kappa shape index (κ3) is 4.09. The van der Waals surface area contributed by atoms with Gasteiger partial charge in [-0.25, -0.2) is 4.79 Å². The molecule has 7 heteroatoms. The molecule has 2 N–H and O–H groups in total. The number of carbonyl (C=O) groups is 3. The second-order valence-corrected chi connectivity index (χ2v) is 9.08. The number of ether oxygens (including phenoxy) is 1. The molecular weight excluding hydrogens is 396 g/mol. The van der Waals surface area contributed by atoms with Crippen LogP contribution in [-0.4, -0.2) is 30.4 Å². The average Bonchev–Trinajstić information content (AvgIpc) is 3.30.